The molecule has 0 unspecified atom stereocenters. The van der Waals surface area contributed by atoms with Crippen molar-refractivity contribution in [1.29, 1.82) is 10.5 Å². The summed E-state index contributed by atoms with van der Waals surface area (Å²) in [5.41, 5.74) is 3.23. The lowest BCUT2D eigenvalue weighted by Crippen LogP contribution is -2.03. The first-order chi connectivity index (χ1) is 15.1. The minimum absolute atomic E-state index is 0.0815. The maximum atomic E-state index is 12.1. The number of hydrogen-bond donors (Lipinski definition) is 0. The molecule has 0 spiro atoms. The van der Waals surface area contributed by atoms with Gasteiger partial charge < -0.3 is 14.2 Å². The quantitative estimate of drug-likeness (QED) is 0.317. The zero-order valence-electron chi connectivity index (χ0n) is 16.7. The molecule has 0 fully saturated rings. The predicted molar refractivity (Wildman–Crippen MR) is 115 cm³/mol. The maximum Gasteiger partial charge on any atom is 0.336 e. The van der Waals surface area contributed by atoms with Gasteiger partial charge in [0.15, 0.2) is 18.1 Å². The fourth-order valence-corrected chi connectivity index (χ4v) is 2.78. The molecule has 0 aromatic heterocycles. The van der Waals surface area contributed by atoms with Crippen LogP contribution in [0, 0.1) is 22.7 Å². The normalized spacial score (nSPS) is 10.2. The number of benzene rings is 3. The van der Waals surface area contributed by atoms with Gasteiger partial charge in [-0.15, -0.1) is 0 Å². The van der Waals surface area contributed by atoms with E-state index in [2.05, 4.69) is 6.07 Å². The third-order valence-corrected chi connectivity index (χ3v) is 4.31. The highest BCUT2D eigenvalue weighted by atomic mass is 16.5. The van der Waals surface area contributed by atoms with Crippen molar-refractivity contribution < 1.29 is 19.0 Å². The second-order valence-corrected chi connectivity index (χ2v) is 6.33. The number of carbonyl (C=O) groups is 1. The van der Waals surface area contributed by atoms with Crippen molar-refractivity contribution in [3.63, 3.8) is 0 Å². The second-order valence-electron chi connectivity index (χ2n) is 6.33. The summed E-state index contributed by atoms with van der Waals surface area (Å²) in [6, 6.07) is 23.5. The Morgan fingerprint density at radius 3 is 2.23 bits per heavy atom. The molecule has 6 nitrogen and oxygen atoms in total. The molecule has 0 atom stereocenters. The van der Waals surface area contributed by atoms with Gasteiger partial charge in [-0.2, -0.15) is 10.5 Å². The summed E-state index contributed by atoms with van der Waals surface area (Å²) < 4.78 is 15.9. The molecule has 31 heavy (non-hydrogen) atoms. The summed E-state index contributed by atoms with van der Waals surface area (Å²) in [6.07, 6.45) is 2.92. The second kappa shape index (κ2) is 10.3. The number of methoxy groups -OCH3 is 1. The molecule has 3 rings (SSSR count). The molecular formula is C25H18N2O4. The van der Waals surface area contributed by atoms with Crippen LogP contribution in [0.15, 0.2) is 72.8 Å². The first-order valence-corrected chi connectivity index (χ1v) is 9.31. The fourth-order valence-electron chi connectivity index (χ4n) is 2.78. The molecule has 0 radical (unpaired) electrons. The van der Waals surface area contributed by atoms with E-state index < -0.39 is 5.97 Å². The van der Waals surface area contributed by atoms with E-state index in [9.17, 15) is 4.79 Å². The third kappa shape index (κ3) is 5.72. The molecule has 0 amide bonds. The van der Waals surface area contributed by atoms with Crippen molar-refractivity contribution in [3.8, 4) is 40.5 Å². The molecule has 6 heteroatoms. The molecule has 0 aliphatic rings. The van der Waals surface area contributed by atoms with E-state index in [0.717, 1.165) is 11.1 Å². The van der Waals surface area contributed by atoms with E-state index >= 15 is 0 Å². The summed E-state index contributed by atoms with van der Waals surface area (Å²) >= 11 is 0. The predicted octanol–water partition coefficient (Wildman–Crippen LogP) is 4.76. The molecule has 3 aromatic rings. The van der Waals surface area contributed by atoms with Crippen LogP contribution in [0.2, 0.25) is 0 Å². The minimum atomic E-state index is -0.519. The van der Waals surface area contributed by atoms with Crippen molar-refractivity contribution in [2.75, 3.05) is 13.7 Å². The summed E-state index contributed by atoms with van der Waals surface area (Å²) in [4.78, 5) is 12.1. The van der Waals surface area contributed by atoms with Crippen molar-refractivity contribution in [1.82, 2.24) is 0 Å². The van der Waals surface area contributed by atoms with Gasteiger partial charge in [-0.25, -0.2) is 4.79 Å². The van der Waals surface area contributed by atoms with Crippen molar-refractivity contribution in [3.05, 3.63) is 83.9 Å². The van der Waals surface area contributed by atoms with Gasteiger partial charge in [-0.1, -0.05) is 30.3 Å². The molecule has 0 aliphatic carbocycles. The van der Waals surface area contributed by atoms with Crippen LogP contribution < -0.4 is 14.2 Å². The Labute approximate surface area is 180 Å². The van der Waals surface area contributed by atoms with Gasteiger partial charge >= 0.3 is 5.97 Å². The van der Waals surface area contributed by atoms with Crippen LogP contribution in [0.1, 0.15) is 11.1 Å². The van der Waals surface area contributed by atoms with Crippen LogP contribution >= 0.6 is 0 Å². The summed E-state index contributed by atoms with van der Waals surface area (Å²) in [5.74, 6) is 0.815. The number of rotatable bonds is 7. The Morgan fingerprint density at radius 1 is 0.935 bits per heavy atom. The molecule has 3 aromatic carbocycles. The van der Waals surface area contributed by atoms with Crippen molar-refractivity contribution in [2.45, 2.75) is 0 Å². The molecule has 0 saturated carbocycles. The largest absolute Gasteiger partial charge is 0.493 e. The Balaban J connectivity index is 1.63. The Bertz CT molecular complexity index is 1170. The van der Waals surface area contributed by atoms with Crippen LogP contribution in [0.4, 0.5) is 0 Å². The standard InChI is InChI=1S/C25H18N2O4/c1-29-24-16-18(4-12-23(24)30-15-14-26)5-13-25(28)31-22-10-8-21(9-11-22)20-6-2-19(17-27)3-7-20/h2-13,16H,15H2,1H3/b13-5+. The summed E-state index contributed by atoms with van der Waals surface area (Å²) in [7, 11) is 1.50. The summed E-state index contributed by atoms with van der Waals surface area (Å²) in [6.45, 7) is -0.0815. The average molecular weight is 410 g/mol. The van der Waals surface area contributed by atoms with E-state index in [-0.39, 0.29) is 6.61 Å². The van der Waals surface area contributed by atoms with E-state index in [4.69, 9.17) is 24.7 Å². The highest BCUT2D eigenvalue weighted by Gasteiger charge is 2.06. The number of carbonyl (C=O) groups excluding carboxylic acids is 1. The monoisotopic (exact) mass is 410 g/mol. The van der Waals surface area contributed by atoms with E-state index in [1.165, 1.54) is 13.2 Å². The topological polar surface area (TPSA) is 92.3 Å². The first kappa shape index (κ1) is 21.2. The van der Waals surface area contributed by atoms with Crippen molar-refractivity contribution >= 4 is 12.0 Å². The molecule has 0 saturated heterocycles. The lowest BCUT2D eigenvalue weighted by Gasteiger charge is -2.08. The number of nitrogens with zero attached hydrogens (tertiary/aromatic N) is 2. The molecule has 0 aliphatic heterocycles. The van der Waals surface area contributed by atoms with Gasteiger partial charge in [0.1, 0.15) is 11.8 Å². The number of ether oxygens (including phenoxy) is 3. The van der Waals surface area contributed by atoms with Gasteiger partial charge in [-0.3, -0.25) is 0 Å². The lowest BCUT2D eigenvalue weighted by atomic mass is 10.0. The van der Waals surface area contributed by atoms with Gasteiger partial charge in [0.05, 0.1) is 18.7 Å². The zero-order chi connectivity index (χ0) is 22.1. The highest BCUT2D eigenvalue weighted by molar-refractivity contribution is 5.89. The van der Waals surface area contributed by atoms with Gasteiger partial charge in [0.25, 0.3) is 0 Å². The SMILES string of the molecule is COc1cc(/C=C/C(=O)Oc2ccc(-c3ccc(C#N)cc3)cc2)ccc1OCC#N. The van der Waals surface area contributed by atoms with Crippen LogP contribution in [0.3, 0.4) is 0 Å². The highest BCUT2D eigenvalue weighted by Crippen LogP contribution is 2.28. The van der Waals surface area contributed by atoms with Crippen LogP contribution in [-0.2, 0) is 4.79 Å². The van der Waals surface area contributed by atoms with E-state index in [1.54, 1.807) is 48.5 Å². The van der Waals surface area contributed by atoms with Crippen LogP contribution in [0.5, 0.6) is 17.2 Å². The number of esters is 1. The average Bonchev–Trinajstić information content (AvgIpc) is 2.82. The number of nitriles is 2. The summed E-state index contributed by atoms with van der Waals surface area (Å²) in [5, 5.41) is 17.5. The number of hydrogen-bond acceptors (Lipinski definition) is 6. The molecule has 0 bridgehead atoms. The minimum Gasteiger partial charge on any atom is -0.493 e. The van der Waals surface area contributed by atoms with Gasteiger partial charge in [0.2, 0.25) is 0 Å². The van der Waals surface area contributed by atoms with Gasteiger partial charge in [0, 0.05) is 6.08 Å². The first-order valence-electron chi connectivity index (χ1n) is 9.31. The van der Waals surface area contributed by atoms with Crippen molar-refractivity contribution in [2.24, 2.45) is 0 Å². The molecule has 0 heterocycles. The molecular weight excluding hydrogens is 392 g/mol. The Morgan fingerprint density at radius 2 is 1.61 bits per heavy atom. The zero-order valence-corrected chi connectivity index (χ0v) is 16.7. The Hall–Kier alpha value is -4.55. The van der Waals surface area contributed by atoms with E-state index in [1.807, 2.05) is 30.3 Å². The van der Waals surface area contributed by atoms with Crippen LogP contribution in [-0.4, -0.2) is 19.7 Å². The fraction of sp³-hybridized carbons (Fsp3) is 0.0800. The molecule has 0 N–H and O–H groups in total. The van der Waals surface area contributed by atoms with E-state index in [0.29, 0.717) is 28.4 Å². The Kier molecular flexibility index (Phi) is 7.03. The smallest absolute Gasteiger partial charge is 0.336 e. The molecule has 152 valence electrons. The van der Waals surface area contributed by atoms with Crippen LogP contribution in [0.25, 0.3) is 17.2 Å². The third-order valence-electron chi connectivity index (χ3n) is 4.31. The maximum absolute atomic E-state index is 12.1. The van der Waals surface area contributed by atoms with Gasteiger partial charge in [-0.05, 0) is 59.2 Å². The lowest BCUT2D eigenvalue weighted by molar-refractivity contribution is -0.128.